The second-order valence-corrected chi connectivity index (χ2v) is 5.90. The average molecular weight is 339 g/mol. The third kappa shape index (κ3) is 4.06. The molecule has 24 heavy (non-hydrogen) atoms. The molecule has 0 bridgehead atoms. The number of nitriles is 1. The Morgan fingerprint density at radius 1 is 1.25 bits per heavy atom. The molecule has 0 radical (unpaired) electrons. The molecule has 0 spiro atoms. The first-order valence-corrected chi connectivity index (χ1v) is 8.13. The van der Waals surface area contributed by atoms with E-state index in [2.05, 4.69) is 16.3 Å². The van der Waals surface area contributed by atoms with Gasteiger partial charge in [-0.1, -0.05) is 18.2 Å². The number of nitrogens with zero attached hydrogens (tertiary/aromatic N) is 3. The monoisotopic (exact) mass is 339 g/mol. The largest absolute Gasteiger partial charge is 0.456 e. The first-order chi connectivity index (χ1) is 11.7. The molecule has 0 fully saturated rings. The van der Waals surface area contributed by atoms with E-state index in [9.17, 15) is 4.79 Å². The number of benzene rings is 1. The highest BCUT2D eigenvalue weighted by Gasteiger charge is 2.11. The topological polar surface area (TPSA) is 89.0 Å². The molecule has 0 saturated heterocycles. The van der Waals surface area contributed by atoms with Crippen LogP contribution in [0.4, 0.5) is 0 Å². The highest BCUT2D eigenvalue weighted by atomic mass is 32.1. The molecular formula is C17H13N3O3S. The summed E-state index contributed by atoms with van der Waals surface area (Å²) in [5.74, 6) is 0.356. The van der Waals surface area contributed by atoms with Crippen LogP contribution in [-0.2, 0) is 22.6 Å². The van der Waals surface area contributed by atoms with Gasteiger partial charge < -0.3 is 9.15 Å². The van der Waals surface area contributed by atoms with Gasteiger partial charge in [-0.05, 0) is 35.6 Å². The van der Waals surface area contributed by atoms with E-state index in [1.807, 2.05) is 29.6 Å². The van der Waals surface area contributed by atoms with E-state index in [1.54, 1.807) is 12.1 Å². The molecule has 6 nitrogen and oxygen atoms in total. The minimum Gasteiger partial charge on any atom is -0.456 e. The fraction of sp³-hybridized carbons (Fsp3) is 0.176. The van der Waals surface area contributed by atoms with Gasteiger partial charge >= 0.3 is 5.97 Å². The summed E-state index contributed by atoms with van der Waals surface area (Å²) < 4.78 is 10.6. The number of carbonyl (C=O) groups is 1. The lowest BCUT2D eigenvalue weighted by molar-refractivity contribution is -0.145. The number of hydrogen-bond acceptors (Lipinski definition) is 7. The number of rotatable bonds is 6. The number of esters is 1. The van der Waals surface area contributed by atoms with Crippen molar-refractivity contribution in [3.8, 4) is 16.8 Å². The van der Waals surface area contributed by atoms with Crippen LogP contribution in [0.2, 0.25) is 0 Å². The van der Waals surface area contributed by atoms with Crippen LogP contribution in [0, 0.1) is 11.3 Å². The zero-order valence-corrected chi connectivity index (χ0v) is 13.5. The van der Waals surface area contributed by atoms with Crippen LogP contribution in [0.3, 0.4) is 0 Å². The third-order valence-corrected chi connectivity index (χ3v) is 4.11. The predicted octanol–water partition coefficient (Wildman–Crippen LogP) is 3.35. The molecule has 7 heteroatoms. The van der Waals surface area contributed by atoms with Crippen molar-refractivity contribution in [2.75, 3.05) is 0 Å². The summed E-state index contributed by atoms with van der Waals surface area (Å²) in [7, 11) is 0. The minimum atomic E-state index is -0.338. The molecule has 0 aliphatic rings. The summed E-state index contributed by atoms with van der Waals surface area (Å²) in [5.41, 5.74) is 1.57. The van der Waals surface area contributed by atoms with E-state index < -0.39 is 0 Å². The van der Waals surface area contributed by atoms with Gasteiger partial charge in [-0.2, -0.15) is 5.26 Å². The maximum atomic E-state index is 11.8. The van der Waals surface area contributed by atoms with Gasteiger partial charge in [-0.3, -0.25) is 4.79 Å². The zero-order chi connectivity index (χ0) is 16.8. The smallest absolute Gasteiger partial charge is 0.306 e. The summed E-state index contributed by atoms with van der Waals surface area (Å²) in [5, 5.41) is 18.4. The van der Waals surface area contributed by atoms with Crippen molar-refractivity contribution in [1.82, 2.24) is 10.2 Å². The fourth-order valence-corrected chi connectivity index (χ4v) is 2.66. The summed E-state index contributed by atoms with van der Waals surface area (Å²) in [6.07, 6.45) is 0.798. The van der Waals surface area contributed by atoms with E-state index >= 15 is 0 Å². The number of aryl methyl sites for hydroxylation is 1. The molecule has 0 atom stereocenters. The number of hydrogen-bond donors (Lipinski definition) is 0. The van der Waals surface area contributed by atoms with Crippen molar-refractivity contribution in [3.63, 3.8) is 0 Å². The molecule has 0 amide bonds. The van der Waals surface area contributed by atoms with Crippen molar-refractivity contribution < 1.29 is 13.9 Å². The number of carbonyl (C=O) groups excluding carboxylic acids is 1. The van der Waals surface area contributed by atoms with E-state index in [0.717, 1.165) is 10.4 Å². The van der Waals surface area contributed by atoms with Crippen molar-refractivity contribution >= 4 is 17.3 Å². The maximum Gasteiger partial charge on any atom is 0.306 e. The van der Waals surface area contributed by atoms with E-state index in [-0.39, 0.29) is 24.9 Å². The van der Waals surface area contributed by atoms with Crippen LogP contribution in [0.15, 0.2) is 46.2 Å². The van der Waals surface area contributed by atoms with Crippen molar-refractivity contribution in [1.29, 1.82) is 5.26 Å². The van der Waals surface area contributed by atoms with Gasteiger partial charge in [0, 0.05) is 6.42 Å². The number of thiophene rings is 1. The second-order valence-electron chi connectivity index (χ2n) is 4.95. The number of ether oxygens (including phenoxy) is 1. The van der Waals surface area contributed by atoms with Crippen LogP contribution < -0.4 is 0 Å². The van der Waals surface area contributed by atoms with Crippen molar-refractivity contribution in [2.24, 2.45) is 0 Å². The Kier molecular flexibility index (Phi) is 4.99. The SMILES string of the molecule is N#Cc1ccc(CCC(=O)OCc2nnc(-c3cccs3)o2)cc1. The first kappa shape index (κ1) is 15.9. The molecule has 0 saturated carbocycles. The summed E-state index contributed by atoms with van der Waals surface area (Å²) in [6, 6.07) is 12.9. The Bertz CT molecular complexity index is 848. The van der Waals surface area contributed by atoms with Gasteiger partial charge in [0.15, 0.2) is 6.61 Å². The molecule has 0 aliphatic carbocycles. The van der Waals surface area contributed by atoms with Crippen LogP contribution in [0.1, 0.15) is 23.4 Å². The quantitative estimate of drug-likeness (QED) is 0.640. The Morgan fingerprint density at radius 2 is 2.08 bits per heavy atom. The number of aromatic nitrogens is 2. The highest BCUT2D eigenvalue weighted by Crippen LogP contribution is 2.23. The molecule has 2 heterocycles. The molecule has 3 rings (SSSR count). The molecule has 120 valence electrons. The van der Waals surface area contributed by atoms with E-state index in [0.29, 0.717) is 17.9 Å². The second kappa shape index (κ2) is 7.53. The first-order valence-electron chi connectivity index (χ1n) is 7.25. The predicted molar refractivity (Wildman–Crippen MR) is 86.9 cm³/mol. The minimum absolute atomic E-state index is 0.0371. The van der Waals surface area contributed by atoms with Gasteiger partial charge in [-0.15, -0.1) is 21.5 Å². The molecule has 1 aromatic carbocycles. The van der Waals surface area contributed by atoms with Crippen LogP contribution in [-0.4, -0.2) is 16.2 Å². The lowest BCUT2D eigenvalue weighted by atomic mass is 10.1. The highest BCUT2D eigenvalue weighted by molar-refractivity contribution is 7.13. The van der Waals surface area contributed by atoms with E-state index in [4.69, 9.17) is 14.4 Å². The van der Waals surface area contributed by atoms with Crippen molar-refractivity contribution in [3.05, 3.63) is 58.8 Å². The average Bonchev–Trinajstić information content (AvgIpc) is 3.29. The molecule has 0 unspecified atom stereocenters. The van der Waals surface area contributed by atoms with Gasteiger partial charge in [0.05, 0.1) is 16.5 Å². The van der Waals surface area contributed by atoms with Gasteiger partial charge in [0.2, 0.25) is 0 Å². The lowest BCUT2D eigenvalue weighted by Gasteiger charge is -2.02. The van der Waals surface area contributed by atoms with Gasteiger partial charge in [0.1, 0.15) is 0 Å². The standard InChI is InChI=1S/C17H13N3O3S/c18-10-13-5-3-12(4-6-13)7-8-16(21)22-11-15-19-20-17(23-15)14-2-1-9-24-14/h1-6,9H,7-8,11H2. The molecule has 2 aromatic heterocycles. The van der Waals surface area contributed by atoms with E-state index in [1.165, 1.54) is 11.3 Å². The normalized spacial score (nSPS) is 10.3. The zero-order valence-electron chi connectivity index (χ0n) is 12.6. The van der Waals surface area contributed by atoms with Gasteiger partial charge in [0.25, 0.3) is 11.8 Å². The third-order valence-electron chi connectivity index (χ3n) is 3.26. The summed E-state index contributed by atoms with van der Waals surface area (Å²) in [4.78, 5) is 12.7. The fourth-order valence-electron chi connectivity index (χ4n) is 2.02. The Balaban J connectivity index is 1.46. The lowest BCUT2D eigenvalue weighted by Crippen LogP contribution is -2.06. The van der Waals surface area contributed by atoms with Crippen LogP contribution >= 0.6 is 11.3 Å². The summed E-state index contributed by atoms with van der Waals surface area (Å²) in [6.45, 7) is -0.0371. The Morgan fingerprint density at radius 3 is 2.79 bits per heavy atom. The Labute approximate surface area is 142 Å². The van der Waals surface area contributed by atoms with Crippen LogP contribution in [0.25, 0.3) is 10.8 Å². The molecular weight excluding hydrogens is 326 g/mol. The maximum absolute atomic E-state index is 11.8. The Hall–Kier alpha value is -2.98. The molecule has 0 aliphatic heterocycles. The van der Waals surface area contributed by atoms with Crippen LogP contribution in [0.5, 0.6) is 0 Å². The molecule has 0 N–H and O–H groups in total. The summed E-state index contributed by atoms with van der Waals surface area (Å²) >= 11 is 1.50. The van der Waals surface area contributed by atoms with Crippen molar-refractivity contribution in [2.45, 2.75) is 19.4 Å². The van der Waals surface area contributed by atoms with Gasteiger partial charge in [-0.25, -0.2) is 0 Å². The molecule has 3 aromatic rings.